The van der Waals surface area contributed by atoms with Crippen LogP contribution in [0.1, 0.15) is 40.2 Å². The second-order valence-electron chi connectivity index (χ2n) is 8.90. The standard InChI is InChI=1S/C25H20F4N4O3S/c26-25(27,28)22-20(11-12-33-21(13-15-1-2-15)31-32-23(22)33)17-5-3-16(4-6-17)14-30-24(34)18-7-9-19(10-8-18)37(29,35)36/h3-12,15H,1-2,13-14H2,(H,30,34). The molecule has 1 fully saturated rings. The van der Waals surface area contributed by atoms with Gasteiger partial charge in [-0.1, -0.05) is 24.3 Å². The largest absolute Gasteiger partial charge is 0.420 e. The van der Waals surface area contributed by atoms with E-state index in [1.165, 1.54) is 34.7 Å². The maximum Gasteiger partial charge on any atom is 0.420 e. The van der Waals surface area contributed by atoms with Crippen LogP contribution in [-0.2, 0) is 29.4 Å². The Morgan fingerprint density at radius 2 is 1.68 bits per heavy atom. The Morgan fingerprint density at radius 3 is 2.27 bits per heavy atom. The molecule has 2 aromatic carbocycles. The van der Waals surface area contributed by atoms with Gasteiger partial charge in [0.1, 0.15) is 11.4 Å². The first-order chi connectivity index (χ1) is 17.5. The number of amides is 1. The maximum absolute atomic E-state index is 14.1. The van der Waals surface area contributed by atoms with E-state index in [4.69, 9.17) is 0 Å². The molecule has 12 heteroatoms. The van der Waals surface area contributed by atoms with Crippen LogP contribution < -0.4 is 5.32 Å². The SMILES string of the molecule is O=C(NCc1ccc(-c2ccn3c(CC4CC4)nnc3c2C(F)(F)F)cc1)c1ccc(S(=O)(=O)F)cc1. The van der Waals surface area contributed by atoms with Gasteiger partial charge in [-0.05, 0) is 65.8 Å². The number of carbonyl (C=O) groups excluding carboxylic acids is 1. The van der Waals surface area contributed by atoms with Crippen molar-refractivity contribution in [3.8, 4) is 11.1 Å². The van der Waals surface area contributed by atoms with Gasteiger partial charge in [0.05, 0.1) is 4.90 Å². The molecule has 37 heavy (non-hydrogen) atoms. The third kappa shape index (κ3) is 5.33. The van der Waals surface area contributed by atoms with Gasteiger partial charge >= 0.3 is 16.4 Å². The third-order valence-corrected chi connectivity index (χ3v) is 7.05. The Balaban J connectivity index is 1.34. The van der Waals surface area contributed by atoms with Crippen LogP contribution in [0.2, 0.25) is 0 Å². The lowest BCUT2D eigenvalue weighted by Gasteiger charge is -2.15. The molecule has 192 valence electrons. The highest BCUT2D eigenvalue weighted by atomic mass is 32.3. The van der Waals surface area contributed by atoms with Gasteiger partial charge < -0.3 is 5.32 Å². The highest BCUT2D eigenvalue weighted by molar-refractivity contribution is 7.86. The average molecular weight is 533 g/mol. The summed E-state index contributed by atoms with van der Waals surface area (Å²) in [6.45, 7) is 0.0716. The molecule has 4 aromatic rings. The molecule has 0 spiro atoms. The van der Waals surface area contributed by atoms with Gasteiger partial charge in [-0.3, -0.25) is 9.20 Å². The average Bonchev–Trinajstić information content (AvgIpc) is 3.59. The number of nitrogens with zero attached hydrogens (tertiary/aromatic N) is 3. The van der Waals surface area contributed by atoms with Gasteiger partial charge in [0, 0.05) is 24.7 Å². The minimum absolute atomic E-state index is 0.0242. The monoisotopic (exact) mass is 532 g/mol. The Morgan fingerprint density at radius 1 is 1.00 bits per heavy atom. The lowest BCUT2D eigenvalue weighted by atomic mass is 9.99. The van der Waals surface area contributed by atoms with Crippen LogP contribution in [0.15, 0.2) is 65.7 Å². The Hall–Kier alpha value is -3.80. The number of benzene rings is 2. The molecule has 0 radical (unpaired) electrons. The molecule has 1 aliphatic carbocycles. The first-order valence-corrected chi connectivity index (χ1v) is 12.7. The van der Waals surface area contributed by atoms with E-state index < -0.39 is 32.8 Å². The number of halogens is 4. The normalized spacial score (nSPS) is 14.2. The summed E-state index contributed by atoms with van der Waals surface area (Å²) in [7, 11) is -4.86. The summed E-state index contributed by atoms with van der Waals surface area (Å²) in [5.74, 6) is 0.437. The van der Waals surface area contributed by atoms with E-state index in [0.29, 0.717) is 29.3 Å². The van der Waals surface area contributed by atoms with Gasteiger partial charge in [-0.2, -0.15) is 21.6 Å². The summed E-state index contributed by atoms with van der Waals surface area (Å²) in [6, 6.07) is 12.0. The lowest BCUT2D eigenvalue weighted by molar-refractivity contribution is -0.136. The van der Waals surface area contributed by atoms with Crippen molar-refractivity contribution in [3.63, 3.8) is 0 Å². The first-order valence-electron chi connectivity index (χ1n) is 11.4. The zero-order valence-electron chi connectivity index (χ0n) is 19.2. The van der Waals surface area contributed by atoms with Crippen LogP contribution in [0.5, 0.6) is 0 Å². The fourth-order valence-electron chi connectivity index (χ4n) is 4.10. The highest BCUT2D eigenvalue weighted by Crippen LogP contribution is 2.40. The highest BCUT2D eigenvalue weighted by Gasteiger charge is 2.38. The number of hydrogen-bond acceptors (Lipinski definition) is 5. The predicted molar refractivity (Wildman–Crippen MR) is 126 cm³/mol. The second kappa shape index (κ2) is 9.25. The summed E-state index contributed by atoms with van der Waals surface area (Å²) < 4.78 is 78.5. The first kappa shape index (κ1) is 24.9. The minimum atomic E-state index is -4.86. The molecule has 2 aromatic heterocycles. The quantitative estimate of drug-likeness (QED) is 0.268. The summed E-state index contributed by atoms with van der Waals surface area (Å²) in [6.07, 6.45) is -0.405. The fourth-order valence-corrected chi connectivity index (χ4v) is 4.56. The van der Waals surface area contributed by atoms with E-state index in [1.54, 1.807) is 18.3 Å². The summed E-state index contributed by atoms with van der Waals surface area (Å²) >= 11 is 0. The molecule has 2 heterocycles. The van der Waals surface area contributed by atoms with E-state index >= 15 is 0 Å². The van der Waals surface area contributed by atoms with Crippen LogP contribution >= 0.6 is 0 Å². The van der Waals surface area contributed by atoms with Crippen molar-refractivity contribution >= 4 is 21.8 Å². The van der Waals surface area contributed by atoms with Crippen molar-refractivity contribution in [1.29, 1.82) is 0 Å². The Bertz CT molecular complexity index is 1580. The number of hydrogen-bond donors (Lipinski definition) is 1. The number of aromatic nitrogens is 3. The molecule has 0 bridgehead atoms. The van der Waals surface area contributed by atoms with Gasteiger partial charge in [-0.25, -0.2) is 0 Å². The van der Waals surface area contributed by atoms with E-state index in [2.05, 4.69) is 15.5 Å². The number of nitrogens with one attached hydrogen (secondary N) is 1. The molecule has 1 aliphatic rings. The number of carbonyl (C=O) groups is 1. The van der Waals surface area contributed by atoms with Crippen molar-refractivity contribution in [1.82, 2.24) is 19.9 Å². The number of alkyl halides is 3. The fraction of sp³-hybridized carbons (Fsp3) is 0.240. The summed E-state index contributed by atoms with van der Waals surface area (Å²) in [4.78, 5) is 11.8. The van der Waals surface area contributed by atoms with Gasteiger partial charge in [0.15, 0.2) is 5.65 Å². The molecule has 5 rings (SSSR count). The molecule has 0 aliphatic heterocycles. The smallest absolute Gasteiger partial charge is 0.348 e. The van der Waals surface area contributed by atoms with Gasteiger partial charge in [-0.15, -0.1) is 14.1 Å². The lowest BCUT2D eigenvalue weighted by Crippen LogP contribution is -2.22. The molecular formula is C25H20F4N4O3S. The molecule has 7 nitrogen and oxygen atoms in total. The number of pyridine rings is 1. The molecule has 0 saturated heterocycles. The third-order valence-electron chi connectivity index (χ3n) is 6.22. The Kier molecular flexibility index (Phi) is 6.22. The van der Waals surface area contributed by atoms with E-state index in [0.717, 1.165) is 25.0 Å². The van der Waals surface area contributed by atoms with Crippen LogP contribution in [0.4, 0.5) is 17.1 Å². The Labute approximate surface area is 209 Å². The van der Waals surface area contributed by atoms with Crippen molar-refractivity contribution in [2.75, 3.05) is 0 Å². The predicted octanol–water partition coefficient (Wildman–Crippen LogP) is 4.96. The molecule has 1 amide bonds. The molecule has 0 atom stereocenters. The zero-order valence-corrected chi connectivity index (χ0v) is 20.0. The topological polar surface area (TPSA) is 93.4 Å². The summed E-state index contributed by atoms with van der Waals surface area (Å²) in [5, 5.41) is 10.5. The molecule has 1 N–H and O–H groups in total. The van der Waals surface area contributed by atoms with Crippen molar-refractivity contribution in [3.05, 3.63) is 83.3 Å². The second-order valence-corrected chi connectivity index (χ2v) is 10.2. The van der Waals surface area contributed by atoms with Crippen LogP contribution in [0, 0.1) is 5.92 Å². The maximum atomic E-state index is 14.1. The molecule has 0 unspecified atom stereocenters. The van der Waals surface area contributed by atoms with Gasteiger partial charge in [0.25, 0.3) is 5.91 Å². The van der Waals surface area contributed by atoms with Crippen molar-refractivity contribution in [2.24, 2.45) is 5.92 Å². The van der Waals surface area contributed by atoms with E-state index in [1.807, 2.05) is 0 Å². The van der Waals surface area contributed by atoms with Crippen molar-refractivity contribution in [2.45, 2.75) is 36.9 Å². The zero-order chi connectivity index (χ0) is 26.4. The van der Waals surface area contributed by atoms with E-state index in [-0.39, 0.29) is 23.3 Å². The van der Waals surface area contributed by atoms with Crippen LogP contribution in [0.25, 0.3) is 16.8 Å². The number of rotatable bonds is 7. The molecule has 1 saturated carbocycles. The number of fused-ring (bicyclic) bond motifs is 1. The summed E-state index contributed by atoms with van der Waals surface area (Å²) in [5.41, 5.74) is -0.0261. The minimum Gasteiger partial charge on any atom is -0.348 e. The van der Waals surface area contributed by atoms with E-state index in [9.17, 15) is 30.3 Å². The molecular weight excluding hydrogens is 512 g/mol. The van der Waals surface area contributed by atoms with Crippen molar-refractivity contribution < 1.29 is 30.3 Å². The van der Waals surface area contributed by atoms with Crippen LogP contribution in [-0.4, -0.2) is 28.9 Å². The van der Waals surface area contributed by atoms with Gasteiger partial charge in [0.2, 0.25) is 0 Å². The van der Waals surface area contributed by atoms with Crippen LogP contribution in [0.3, 0.4) is 0 Å².